The lowest BCUT2D eigenvalue weighted by atomic mass is 9.96. The SMILES string of the molecule is CCCC(C)C(=O)N(C)C1CC2CCC(C1)N2. The maximum Gasteiger partial charge on any atom is 0.225 e. The summed E-state index contributed by atoms with van der Waals surface area (Å²) in [4.78, 5) is 14.3. The number of fused-ring (bicyclic) bond motifs is 2. The fraction of sp³-hybridized carbons (Fsp3) is 0.929. The number of nitrogens with one attached hydrogen (secondary N) is 1. The van der Waals surface area contributed by atoms with Crippen LogP contribution in [0.3, 0.4) is 0 Å². The van der Waals surface area contributed by atoms with Crippen LogP contribution in [0, 0.1) is 5.92 Å². The van der Waals surface area contributed by atoms with Crippen LogP contribution in [0.25, 0.3) is 0 Å². The van der Waals surface area contributed by atoms with Gasteiger partial charge in [0.15, 0.2) is 0 Å². The quantitative estimate of drug-likeness (QED) is 0.814. The monoisotopic (exact) mass is 238 g/mol. The molecule has 2 aliphatic rings. The maximum atomic E-state index is 12.3. The number of carbonyl (C=O) groups excluding carboxylic acids is 1. The van der Waals surface area contributed by atoms with E-state index in [0.717, 1.165) is 25.7 Å². The molecule has 2 bridgehead atoms. The van der Waals surface area contributed by atoms with E-state index in [-0.39, 0.29) is 5.92 Å². The van der Waals surface area contributed by atoms with Crippen LogP contribution in [-0.2, 0) is 4.79 Å². The highest BCUT2D eigenvalue weighted by Gasteiger charge is 2.36. The van der Waals surface area contributed by atoms with E-state index in [2.05, 4.69) is 19.2 Å². The van der Waals surface area contributed by atoms with Gasteiger partial charge in [0, 0.05) is 31.1 Å². The number of rotatable bonds is 4. The van der Waals surface area contributed by atoms with Gasteiger partial charge in [0.25, 0.3) is 0 Å². The van der Waals surface area contributed by atoms with Gasteiger partial charge in [-0.15, -0.1) is 0 Å². The minimum Gasteiger partial charge on any atom is -0.342 e. The molecule has 1 amide bonds. The van der Waals surface area contributed by atoms with Crippen molar-refractivity contribution in [1.82, 2.24) is 10.2 Å². The van der Waals surface area contributed by atoms with E-state index in [1.54, 1.807) is 0 Å². The predicted octanol–water partition coefficient (Wildman–Crippen LogP) is 2.16. The molecule has 0 aromatic heterocycles. The van der Waals surface area contributed by atoms with Crippen LogP contribution in [0.5, 0.6) is 0 Å². The predicted molar refractivity (Wildman–Crippen MR) is 69.8 cm³/mol. The zero-order valence-electron chi connectivity index (χ0n) is 11.4. The summed E-state index contributed by atoms with van der Waals surface area (Å²) in [6.07, 6.45) is 7.01. The lowest BCUT2D eigenvalue weighted by molar-refractivity contribution is -0.136. The van der Waals surface area contributed by atoms with Crippen molar-refractivity contribution < 1.29 is 4.79 Å². The third kappa shape index (κ3) is 2.82. The summed E-state index contributed by atoms with van der Waals surface area (Å²) in [5.74, 6) is 0.538. The van der Waals surface area contributed by atoms with Gasteiger partial charge in [-0.1, -0.05) is 20.3 Å². The highest BCUT2D eigenvalue weighted by Crippen LogP contribution is 2.30. The molecule has 2 fully saturated rings. The molecule has 3 unspecified atom stereocenters. The molecule has 3 atom stereocenters. The van der Waals surface area contributed by atoms with Crippen molar-refractivity contribution in [2.75, 3.05) is 7.05 Å². The molecule has 17 heavy (non-hydrogen) atoms. The first-order valence-electron chi connectivity index (χ1n) is 7.14. The van der Waals surface area contributed by atoms with E-state index in [9.17, 15) is 4.79 Å². The summed E-state index contributed by atoms with van der Waals surface area (Å²) in [7, 11) is 2.00. The standard InChI is InChI=1S/C14H26N2O/c1-4-5-10(2)14(17)16(3)13-8-11-6-7-12(9-13)15-11/h10-13,15H,4-9H2,1-3H3. The minimum atomic E-state index is 0.192. The van der Waals surface area contributed by atoms with Gasteiger partial charge in [0.05, 0.1) is 0 Å². The zero-order valence-corrected chi connectivity index (χ0v) is 11.4. The lowest BCUT2D eigenvalue weighted by Gasteiger charge is -2.36. The first kappa shape index (κ1) is 12.9. The molecule has 2 heterocycles. The van der Waals surface area contributed by atoms with E-state index >= 15 is 0 Å². The molecule has 3 heteroatoms. The van der Waals surface area contributed by atoms with Crippen molar-refractivity contribution in [3.05, 3.63) is 0 Å². The Hall–Kier alpha value is -0.570. The molecular weight excluding hydrogens is 212 g/mol. The van der Waals surface area contributed by atoms with Crippen LogP contribution in [0.2, 0.25) is 0 Å². The van der Waals surface area contributed by atoms with E-state index in [4.69, 9.17) is 0 Å². The Morgan fingerprint density at radius 3 is 2.47 bits per heavy atom. The second-order valence-corrected chi connectivity index (χ2v) is 5.90. The summed E-state index contributed by atoms with van der Waals surface area (Å²) in [5.41, 5.74) is 0. The Morgan fingerprint density at radius 1 is 1.35 bits per heavy atom. The Bertz CT molecular complexity index is 267. The van der Waals surface area contributed by atoms with Gasteiger partial charge < -0.3 is 10.2 Å². The number of piperidine rings is 1. The zero-order chi connectivity index (χ0) is 12.4. The highest BCUT2D eigenvalue weighted by atomic mass is 16.2. The fourth-order valence-corrected chi connectivity index (χ4v) is 3.43. The van der Waals surface area contributed by atoms with Crippen LogP contribution in [0.1, 0.15) is 52.4 Å². The molecule has 2 saturated heterocycles. The number of nitrogens with zero attached hydrogens (tertiary/aromatic N) is 1. The minimum absolute atomic E-state index is 0.192. The van der Waals surface area contributed by atoms with Crippen LogP contribution < -0.4 is 5.32 Å². The molecule has 3 nitrogen and oxygen atoms in total. The summed E-state index contributed by atoms with van der Waals surface area (Å²) in [5, 5.41) is 3.63. The van der Waals surface area contributed by atoms with Crippen molar-refractivity contribution >= 4 is 5.91 Å². The second-order valence-electron chi connectivity index (χ2n) is 5.90. The molecule has 0 aliphatic carbocycles. The van der Waals surface area contributed by atoms with E-state index in [1.165, 1.54) is 12.8 Å². The molecule has 0 saturated carbocycles. The molecule has 0 aromatic rings. The fourth-order valence-electron chi connectivity index (χ4n) is 3.43. The number of hydrogen-bond acceptors (Lipinski definition) is 2. The summed E-state index contributed by atoms with van der Waals surface area (Å²) in [6, 6.07) is 1.80. The van der Waals surface area contributed by atoms with Gasteiger partial charge in [0.1, 0.15) is 0 Å². The lowest BCUT2D eigenvalue weighted by Crippen LogP contribution is -2.49. The summed E-state index contributed by atoms with van der Waals surface area (Å²) < 4.78 is 0. The van der Waals surface area contributed by atoms with Gasteiger partial charge in [-0.05, 0) is 32.1 Å². The number of hydrogen-bond donors (Lipinski definition) is 1. The topological polar surface area (TPSA) is 32.3 Å². The summed E-state index contributed by atoms with van der Waals surface area (Å²) in [6.45, 7) is 4.21. The molecule has 1 N–H and O–H groups in total. The van der Waals surface area contributed by atoms with Gasteiger partial charge in [-0.2, -0.15) is 0 Å². The van der Waals surface area contributed by atoms with Gasteiger partial charge >= 0.3 is 0 Å². The molecule has 98 valence electrons. The van der Waals surface area contributed by atoms with Crippen molar-refractivity contribution in [3.8, 4) is 0 Å². The molecule has 0 aromatic carbocycles. The normalized spacial score (nSPS) is 33.5. The van der Waals surface area contributed by atoms with Crippen molar-refractivity contribution in [1.29, 1.82) is 0 Å². The van der Waals surface area contributed by atoms with Crippen LogP contribution >= 0.6 is 0 Å². The van der Waals surface area contributed by atoms with Gasteiger partial charge in [-0.3, -0.25) is 4.79 Å². The largest absolute Gasteiger partial charge is 0.342 e. The van der Waals surface area contributed by atoms with Gasteiger partial charge in [0.2, 0.25) is 5.91 Å². The Kier molecular flexibility index (Phi) is 4.08. The Labute approximate surface area is 105 Å². The molecule has 2 rings (SSSR count). The number of carbonyl (C=O) groups is 1. The molecular formula is C14H26N2O. The van der Waals surface area contributed by atoms with Crippen molar-refractivity contribution in [2.45, 2.75) is 70.5 Å². The summed E-state index contributed by atoms with van der Waals surface area (Å²) >= 11 is 0. The molecule has 0 spiro atoms. The smallest absolute Gasteiger partial charge is 0.225 e. The van der Waals surface area contributed by atoms with E-state index in [1.807, 2.05) is 11.9 Å². The Morgan fingerprint density at radius 2 is 1.94 bits per heavy atom. The first-order valence-corrected chi connectivity index (χ1v) is 7.14. The highest BCUT2D eigenvalue weighted by molar-refractivity contribution is 5.78. The van der Waals surface area contributed by atoms with Gasteiger partial charge in [-0.25, -0.2) is 0 Å². The van der Waals surface area contributed by atoms with Crippen molar-refractivity contribution in [2.24, 2.45) is 5.92 Å². The third-order valence-electron chi connectivity index (χ3n) is 4.49. The average molecular weight is 238 g/mol. The molecule has 2 aliphatic heterocycles. The van der Waals surface area contributed by atoms with E-state index < -0.39 is 0 Å². The Balaban J connectivity index is 1.91. The maximum absolute atomic E-state index is 12.3. The third-order valence-corrected chi connectivity index (χ3v) is 4.49. The van der Waals surface area contributed by atoms with Crippen LogP contribution in [-0.4, -0.2) is 36.0 Å². The van der Waals surface area contributed by atoms with E-state index in [0.29, 0.717) is 24.0 Å². The average Bonchev–Trinajstić information content (AvgIpc) is 2.66. The van der Waals surface area contributed by atoms with Crippen LogP contribution in [0.15, 0.2) is 0 Å². The number of amides is 1. The molecule has 0 radical (unpaired) electrons. The first-order chi connectivity index (χ1) is 8.11. The van der Waals surface area contributed by atoms with Crippen molar-refractivity contribution in [3.63, 3.8) is 0 Å². The van der Waals surface area contributed by atoms with Crippen LogP contribution in [0.4, 0.5) is 0 Å². The second kappa shape index (κ2) is 5.38.